The first-order chi connectivity index (χ1) is 0. The Morgan fingerprint density at radius 2 is 0.400 bits per heavy atom. The van der Waals surface area contributed by atoms with E-state index in [1.807, 2.05) is 0 Å². The van der Waals surface area contributed by atoms with Crippen molar-refractivity contribution in [2.45, 2.75) is 0 Å². The van der Waals surface area contributed by atoms with Crippen LogP contribution in [0, 0.1) is 0 Å². The van der Waals surface area contributed by atoms with Crippen molar-refractivity contribution in [3.8, 4) is 0 Å². The standard InChI is InChI=1S/4BrH.In.3H/h4*1H;;;;. The molecule has 0 aliphatic heterocycles. The Labute approximate surface area is 92.3 Å². The van der Waals surface area contributed by atoms with Crippen molar-refractivity contribution in [1.82, 2.24) is 0 Å². The Kier molecular flexibility index (Phi) is 270. The van der Waals surface area contributed by atoms with Gasteiger partial charge in [0, 0.05) is 0 Å². The summed E-state index contributed by atoms with van der Waals surface area (Å²) in [6, 6.07) is 0. The molecular formula is H7Br4In. The average molecular weight is 441 g/mol. The number of rotatable bonds is 0. The van der Waals surface area contributed by atoms with Crippen molar-refractivity contribution in [3.63, 3.8) is 0 Å². The summed E-state index contributed by atoms with van der Waals surface area (Å²) in [5, 5.41) is 0. The summed E-state index contributed by atoms with van der Waals surface area (Å²) in [5.74, 6) is 0. The van der Waals surface area contributed by atoms with Gasteiger partial charge in [-0.15, -0.1) is 67.9 Å². The number of halogens is 4. The summed E-state index contributed by atoms with van der Waals surface area (Å²) in [6.07, 6.45) is 0. The van der Waals surface area contributed by atoms with Crippen molar-refractivity contribution in [1.29, 1.82) is 0 Å². The predicted octanol–water partition coefficient (Wildman–Crippen LogP) is 1.13. The fourth-order valence-electron chi connectivity index (χ4n) is 0. The van der Waals surface area contributed by atoms with Crippen LogP contribution in [0.25, 0.3) is 0 Å². The van der Waals surface area contributed by atoms with E-state index in [0.717, 1.165) is 0 Å². The van der Waals surface area contributed by atoms with Gasteiger partial charge in [0.2, 0.25) is 0 Å². The van der Waals surface area contributed by atoms with E-state index in [9.17, 15) is 0 Å². The molecule has 0 bridgehead atoms. The molecule has 0 atom stereocenters. The van der Waals surface area contributed by atoms with Gasteiger partial charge in [0.05, 0.1) is 0 Å². The fraction of sp³-hybridized carbons (Fsp3) is 0. The Bertz CT molecular complexity index is 3.61. The normalized spacial score (nSPS) is 0. The van der Waals surface area contributed by atoms with Crippen molar-refractivity contribution in [2.24, 2.45) is 0 Å². The Morgan fingerprint density at radius 3 is 0.400 bits per heavy atom. The van der Waals surface area contributed by atoms with Gasteiger partial charge in [-0.3, -0.25) is 0 Å². The van der Waals surface area contributed by atoms with Crippen LogP contribution in [0.5, 0.6) is 0 Å². The van der Waals surface area contributed by atoms with Gasteiger partial charge in [-0.1, -0.05) is 0 Å². The van der Waals surface area contributed by atoms with Gasteiger partial charge in [-0.05, 0) is 0 Å². The minimum absolute atomic E-state index is 0. The molecule has 0 aliphatic rings. The third-order valence-corrected chi connectivity index (χ3v) is 0. The second kappa shape index (κ2) is 29.2. The SMILES string of the molecule is Br.Br.Br.Br.[InH3]. The molecule has 0 radical (unpaired) electrons. The number of hydrogen-bond donors (Lipinski definition) is 0. The molecule has 0 aliphatic carbocycles. The van der Waals surface area contributed by atoms with E-state index in [-0.39, 0.29) is 93.8 Å². The first kappa shape index (κ1) is 46.1. The van der Waals surface area contributed by atoms with E-state index in [0.29, 0.717) is 0 Å². The summed E-state index contributed by atoms with van der Waals surface area (Å²) >= 11 is 0. The van der Waals surface area contributed by atoms with E-state index in [2.05, 4.69) is 0 Å². The molecule has 0 rings (SSSR count). The second-order valence-electron chi connectivity index (χ2n) is 0. The zero-order chi connectivity index (χ0) is 0. The van der Waals surface area contributed by atoms with Gasteiger partial charge < -0.3 is 0 Å². The molecule has 5 heteroatoms. The second-order valence-corrected chi connectivity index (χ2v) is 0. The van der Waals surface area contributed by atoms with Crippen LogP contribution >= 0.6 is 67.9 Å². The van der Waals surface area contributed by atoms with Gasteiger partial charge in [-0.2, -0.15) is 0 Å². The maximum atomic E-state index is 0. The molecule has 0 amide bonds. The summed E-state index contributed by atoms with van der Waals surface area (Å²) in [4.78, 5) is 0. The fourth-order valence-corrected chi connectivity index (χ4v) is 0. The zero-order valence-electron chi connectivity index (χ0n) is 1.63. The molecule has 0 N–H and O–H groups in total. The van der Waals surface area contributed by atoms with Crippen molar-refractivity contribution in [3.05, 3.63) is 0 Å². The Hall–Kier alpha value is 2.79. The molecule has 0 aromatic carbocycles. The molecule has 0 spiro atoms. The summed E-state index contributed by atoms with van der Waals surface area (Å²) in [7, 11) is 0. The van der Waals surface area contributed by atoms with Gasteiger partial charge in [0.1, 0.15) is 0 Å². The summed E-state index contributed by atoms with van der Waals surface area (Å²) in [5.41, 5.74) is 0. The average Bonchev–Trinajstić information content (AvgIpc) is 0. The van der Waals surface area contributed by atoms with Crippen LogP contribution < -0.4 is 0 Å². The summed E-state index contributed by atoms with van der Waals surface area (Å²) in [6.45, 7) is 0. The molecule has 0 aromatic heterocycles. The first-order valence-corrected chi connectivity index (χ1v) is 0. The molecule has 0 saturated carbocycles. The molecule has 0 aromatic rings. The van der Waals surface area contributed by atoms with Gasteiger partial charge in [0.25, 0.3) is 0 Å². The van der Waals surface area contributed by atoms with Crippen LogP contribution in [-0.4, -0.2) is 25.8 Å². The van der Waals surface area contributed by atoms with E-state index >= 15 is 0 Å². The van der Waals surface area contributed by atoms with Crippen LogP contribution in [0.2, 0.25) is 0 Å². The third kappa shape index (κ3) is 20.0. The molecule has 0 fully saturated rings. The first-order valence-electron chi connectivity index (χ1n) is 0. The Balaban J connectivity index is 0. The minimum atomic E-state index is 0. The molecule has 5 heavy (non-hydrogen) atoms. The van der Waals surface area contributed by atoms with Crippen molar-refractivity contribution >= 4 is 93.8 Å². The summed E-state index contributed by atoms with van der Waals surface area (Å²) < 4.78 is 0. The molecular weight excluding hydrogens is 434 g/mol. The van der Waals surface area contributed by atoms with Crippen LogP contribution in [0.4, 0.5) is 0 Å². The van der Waals surface area contributed by atoms with Crippen LogP contribution in [0.1, 0.15) is 0 Å². The Morgan fingerprint density at radius 1 is 0.400 bits per heavy atom. The predicted molar refractivity (Wildman–Crippen MR) is 51.2 cm³/mol. The molecule has 0 nitrogen and oxygen atoms in total. The van der Waals surface area contributed by atoms with Crippen LogP contribution in [0.3, 0.4) is 0 Å². The van der Waals surface area contributed by atoms with Crippen molar-refractivity contribution < 1.29 is 0 Å². The monoisotopic (exact) mass is 438 g/mol. The van der Waals surface area contributed by atoms with E-state index in [1.165, 1.54) is 0 Å². The molecule has 38 valence electrons. The molecule has 0 heterocycles. The third-order valence-electron chi connectivity index (χ3n) is 0. The molecule has 0 saturated heterocycles. The zero-order valence-corrected chi connectivity index (χ0v) is 8.49. The van der Waals surface area contributed by atoms with Gasteiger partial charge in [0.15, 0.2) is 0 Å². The topological polar surface area (TPSA) is 0 Å². The quantitative estimate of drug-likeness (QED) is 0.529. The van der Waals surface area contributed by atoms with Crippen molar-refractivity contribution in [2.75, 3.05) is 0 Å². The molecule has 0 unspecified atom stereocenters. The van der Waals surface area contributed by atoms with E-state index in [4.69, 9.17) is 0 Å². The maximum absolute atomic E-state index is 0. The van der Waals surface area contributed by atoms with Crippen LogP contribution in [-0.2, 0) is 0 Å². The van der Waals surface area contributed by atoms with Crippen LogP contribution in [0.15, 0.2) is 0 Å². The number of hydrogen-bond acceptors (Lipinski definition) is 0. The van der Waals surface area contributed by atoms with Gasteiger partial charge >= 0.3 is 25.8 Å². The van der Waals surface area contributed by atoms with Gasteiger partial charge in [-0.25, -0.2) is 0 Å². The van der Waals surface area contributed by atoms with E-state index < -0.39 is 0 Å². The van der Waals surface area contributed by atoms with E-state index in [1.54, 1.807) is 0 Å².